The largest absolute Gasteiger partial charge is 0.392 e. The van der Waals surface area contributed by atoms with Crippen molar-refractivity contribution in [1.29, 1.82) is 0 Å². The molecule has 0 aliphatic heterocycles. The number of nitrogens with zero attached hydrogens (tertiary/aromatic N) is 5. The molecular weight excluding hydrogens is 491 g/mol. The van der Waals surface area contributed by atoms with E-state index in [0.717, 1.165) is 71.3 Å². The molecule has 0 unspecified atom stereocenters. The van der Waals surface area contributed by atoms with Crippen molar-refractivity contribution in [2.24, 2.45) is 0 Å². The van der Waals surface area contributed by atoms with Gasteiger partial charge in [-0.25, -0.2) is 13.9 Å². The molecule has 4 aromatic heterocycles. The lowest BCUT2D eigenvalue weighted by Gasteiger charge is -2.34. The van der Waals surface area contributed by atoms with E-state index in [4.69, 9.17) is 4.98 Å². The molecular formula is C31H35FN6O. The lowest BCUT2D eigenvalue weighted by Crippen LogP contribution is -2.34. The molecule has 0 amide bonds. The van der Waals surface area contributed by atoms with Crippen molar-refractivity contribution in [3.8, 4) is 11.3 Å². The van der Waals surface area contributed by atoms with E-state index in [-0.39, 0.29) is 18.3 Å². The number of aliphatic hydroxyl groups excluding tert-OH is 1. The molecule has 7 nitrogen and oxygen atoms in total. The van der Waals surface area contributed by atoms with Gasteiger partial charge in [-0.15, -0.1) is 0 Å². The lowest BCUT2D eigenvalue weighted by atomic mass is 9.83. The van der Waals surface area contributed by atoms with E-state index in [1.165, 1.54) is 24.0 Å². The van der Waals surface area contributed by atoms with Gasteiger partial charge in [0, 0.05) is 47.1 Å². The zero-order valence-corrected chi connectivity index (χ0v) is 22.7. The number of aromatic nitrogens is 5. The number of aromatic amines is 1. The summed E-state index contributed by atoms with van der Waals surface area (Å²) < 4.78 is 15.0. The van der Waals surface area contributed by atoms with E-state index < -0.39 is 0 Å². The molecule has 1 fully saturated rings. The second kappa shape index (κ2) is 10.5. The van der Waals surface area contributed by atoms with Crippen LogP contribution >= 0.6 is 0 Å². The molecule has 1 aliphatic rings. The number of aliphatic hydroxyl groups is 1. The molecule has 202 valence electrons. The molecule has 8 heteroatoms. The minimum atomic E-state index is -0.187. The summed E-state index contributed by atoms with van der Waals surface area (Å²) in [5.74, 6) is 0.514. The predicted molar refractivity (Wildman–Crippen MR) is 151 cm³/mol. The van der Waals surface area contributed by atoms with Gasteiger partial charge in [-0.05, 0) is 74.5 Å². The molecule has 1 aliphatic carbocycles. The van der Waals surface area contributed by atoms with Gasteiger partial charge < -0.3 is 10.1 Å². The highest BCUT2D eigenvalue weighted by atomic mass is 19.1. The van der Waals surface area contributed by atoms with Gasteiger partial charge in [0.25, 0.3) is 0 Å². The van der Waals surface area contributed by atoms with Crippen molar-refractivity contribution in [2.75, 3.05) is 7.05 Å². The van der Waals surface area contributed by atoms with E-state index in [2.05, 4.69) is 53.0 Å². The summed E-state index contributed by atoms with van der Waals surface area (Å²) in [7, 11) is 2.17. The van der Waals surface area contributed by atoms with Crippen molar-refractivity contribution in [3.05, 3.63) is 83.2 Å². The van der Waals surface area contributed by atoms with Crippen LogP contribution in [0.3, 0.4) is 0 Å². The molecule has 0 bridgehead atoms. The Bertz CT molecular complexity index is 1600. The van der Waals surface area contributed by atoms with Crippen molar-refractivity contribution < 1.29 is 9.50 Å². The average molecular weight is 527 g/mol. The van der Waals surface area contributed by atoms with Gasteiger partial charge >= 0.3 is 0 Å². The molecule has 5 aromatic rings. The number of H-pyrrole nitrogens is 1. The second-order valence-electron chi connectivity index (χ2n) is 11.2. The minimum absolute atomic E-state index is 0.0998. The normalized spacial score (nSPS) is 18.1. The smallest absolute Gasteiger partial charge is 0.160 e. The summed E-state index contributed by atoms with van der Waals surface area (Å²) >= 11 is 0. The topological polar surface area (TPSA) is 82.3 Å². The third-order valence-electron chi connectivity index (χ3n) is 8.27. The maximum absolute atomic E-state index is 13.3. The first-order valence-corrected chi connectivity index (χ1v) is 13.8. The Morgan fingerprint density at radius 2 is 1.87 bits per heavy atom. The molecule has 2 N–H and O–H groups in total. The number of benzene rings is 1. The molecule has 0 radical (unpaired) electrons. The van der Waals surface area contributed by atoms with Gasteiger partial charge in [0.2, 0.25) is 0 Å². The Balaban J connectivity index is 1.24. The molecule has 0 spiro atoms. The highest BCUT2D eigenvalue weighted by molar-refractivity contribution is 5.88. The number of hydrogen-bond donors (Lipinski definition) is 2. The second-order valence-corrected chi connectivity index (χ2v) is 11.2. The fourth-order valence-corrected chi connectivity index (χ4v) is 6.19. The van der Waals surface area contributed by atoms with Crippen LogP contribution in [-0.2, 0) is 13.2 Å². The average Bonchev–Trinajstić information content (AvgIpc) is 3.58. The van der Waals surface area contributed by atoms with Crippen molar-refractivity contribution in [2.45, 2.75) is 70.6 Å². The zero-order valence-electron chi connectivity index (χ0n) is 22.7. The Morgan fingerprint density at radius 3 is 2.59 bits per heavy atom. The monoisotopic (exact) mass is 526 g/mol. The van der Waals surface area contributed by atoms with E-state index in [1.54, 1.807) is 4.52 Å². The van der Waals surface area contributed by atoms with E-state index in [1.807, 2.05) is 24.4 Å². The van der Waals surface area contributed by atoms with Crippen LogP contribution in [0.4, 0.5) is 4.39 Å². The van der Waals surface area contributed by atoms with E-state index >= 15 is 0 Å². The molecule has 6 rings (SSSR count). The van der Waals surface area contributed by atoms with Gasteiger partial charge in [-0.3, -0.25) is 9.88 Å². The first-order valence-electron chi connectivity index (χ1n) is 13.8. The quantitative estimate of drug-likeness (QED) is 0.264. The van der Waals surface area contributed by atoms with Gasteiger partial charge in [0.1, 0.15) is 12.1 Å². The highest BCUT2D eigenvalue weighted by Crippen LogP contribution is 2.38. The van der Waals surface area contributed by atoms with Gasteiger partial charge in [0.15, 0.2) is 5.65 Å². The van der Waals surface area contributed by atoms with Crippen LogP contribution in [0.25, 0.3) is 27.9 Å². The molecule has 1 aromatic carbocycles. The van der Waals surface area contributed by atoms with Crippen molar-refractivity contribution >= 4 is 16.7 Å². The molecule has 0 atom stereocenters. The fourth-order valence-electron chi connectivity index (χ4n) is 6.19. The van der Waals surface area contributed by atoms with Gasteiger partial charge in [0.05, 0.1) is 23.3 Å². The Labute approximate surface area is 227 Å². The summed E-state index contributed by atoms with van der Waals surface area (Å²) in [5, 5.41) is 14.2. The molecule has 39 heavy (non-hydrogen) atoms. The molecule has 1 saturated carbocycles. The van der Waals surface area contributed by atoms with Gasteiger partial charge in [-0.1, -0.05) is 26.0 Å². The number of halogens is 1. The summed E-state index contributed by atoms with van der Waals surface area (Å²) in [6, 6.07) is 13.7. The summed E-state index contributed by atoms with van der Waals surface area (Å²) in [4.78, 5) is 15.5. The number of nitrogens with one attached hydrogen (secondary N) is 1. The number of fused-ring (bicyclic) bond motifs is 2. The van der Waals surface area contributed by atoms with Crippen molar-refractivity contribution in [3.63, 3.8) is 0 Å². The number of rotatable bonds is 7. The van der Waals surface area contributed by atoms with Crippen LogP contribution in [0.5, 0.6) is 0 Å². The Morgan fingerprint density at radius 1 is 1.10 bits per heavy atom. The van der Waals surface area contributed by atoms with Crippen LogP contribution in [0.1, 0.15) is 73.8 Å². The maximum Gasteiger partial charge on any atom is 0.160 e. The van der Waals surface area contributed by atoms with Crippen LogP contribution < -0.4 is 0 Å². The van der Waals surface area contributed by atoms with Crippen LogP contribution in [0.15, 0.2) is 55.0 Å². The van der Waals surface area contributed by atoms with E-state index in [0.29, 0.717) is 17.6 Å². The maximum atomic E-state index is 13.3. The summed E-state index contributed by atoms with van der Waals surface area (Å²) in [6.07, 6.45) is 7.93. The predicted octanol–water partition coefficient (Wildman–Crippen LogP) is 6.19. The first-order chi connectivity index (χ1) is 18.9. The SMILES string of the molecule is CC(C)c1c(-c2cc(CO)c3ncnn3c2)[nH]c2ccc(C3CCC(N(C)Cc4ccc(F)cc4)CC3)nc12. The standard InChI is InChI=1S/C31H35FN6O/c1-19(2)28-29(22-14-23(17-39)31-33-18-34-38(31)16-22)36-27-13-12-26(35-30(27)28)21-6-10-25(11-7-21)37(3)15-20-4-8-24(32)9-5-20/h4-5,8-9,12-14,16,18-19,21,25,36,39H,6-7,10-11,15,17H2,1-3H3. The zero-order chi connectivity index (χ0) is 27.1. The minimum Gasteiger partial charge on any atom is -0.392 e. The Hall–Kier alpha value is -3.62. The van der Waals surface area contributed by atoms with E-state index in [9.17, 15) is 9.50 Å². The highest BCUT2D eigenvalue weighted by Gasteiger charge is 2.27. The van der Waals surface area contributed by atoms with Gasteiger partial charge in [-0.2, -0.15) is 5.10 Å². The number of hydrogen-bond acceptors (Lipinski definition) is 5. The molecule has 4 heterocycles. The molecule has 0 saturated heterocycles. The Kier molecular flexibility index (Phi) is 6.91. The van der Waals surface area contributed by atoms with Crippen LogP contribution in [-0.4, -0.2) is 47.7 Å². The fraction of sp³-hybridized carbons (Fsp3) is 0.387. The summed E-state index contributed by atoms with van der Waals surface area (Å²) in [5.41, 5.74) is 8.93. The number of pyridine rings is 2. The first kappa shape index (κ1) is 25.6. The van der Waals surface area contributed by atoms with Crippen LogP contribution in [0.2, 0.25) is 0 Å². The lowest BCUT2D eigenvalue weighted by molar-refractivity contribution is 0.175. The summed E-state index contributed by atoms with van der Waals surface area (Å²) in [6.45, 7) is 5.13. The van der Waals surface area contributed by atoms with Crippen LogP contribution in [0, 0.1) is 5.82 Å². The third-order valence-corrected chi connectivity index (χ3v) is 8.27. The van der Waals surface area contributed by atoms with Crippen molar-refractivity contribution in [1.82, 2.24) is 29.5 Å². The third kappa shape index (κ3) is 4.94.